The van der Waals surface area contributed by atoms with Crippen LogP contribution in [0.4, 0.5) is 4.39 Å². The van der Waals surface area contributed by atoms with Crippen molar-refractivity contribution < 1.29 is 14.3 Å². The maximum atomic E-state index is 13.6. The van der Waals surface area contributed by atoms with Crippen molar-refractivity contribution in [3.05, 3.63) is 35.6 Å². The summed E-state index contributed by atoms with van der Waals surface area (Å²) in [7, 11) is 0. The van der Waals surface area contributed by atoms with Gasteiger partial charge in [0.15, 0.2) is 0 Å². The average molecular weight is 279 g/mol. The van der Waals surface area contributed by atoms with Crippen LogP contribution in [0.2, 0.25) is 0 Å². The number of carboxylic acid groups (broad SMARTS) is 1. The first-order valence-electron chi connectivity index (χ1n) is 7.28. The number of benzene rings is 1. The summed E-state index contributed by atoms with van der Waals surface area (Å²) in [6.45, 7) is 2.02. The molecule has 0 bridgehead atoms. The SMILES string of the molecule is CC(Cc1ccccc1F)NC1CCCC(C(=O)O)C1. The normalized spacial score (nSPS) is 24.3. The average Bonchev–Trinajstić information content (AvgIpc) is 2.41. The molecule has 0 saturated heterocycles. The van der Waals surface area contributed by atoms with Gasteiger partial charge in [0, 0.05) is 12.1 Å². The molecule has 0 spiro atoms. The number of nitrogens with one attached hydrogen (secondary N) is 1. The Balaban J connectivity index is 1.86. The molecular formula is C16H22FNO2. The van der Waals surface area contributed by atoms with Gasteiger partial charge in [0.1, 0.15) is 5.82 Å². The van der Waals surface area contributed by atoms with E-state index in [0.29, 0.717) is 18.4 Å². The van der Waals surface area contributed by atoms with Gasteiger partial charge in [0.2, 0.25) is 0 Å². The van der Waals surface area contributed by atoms with E-state index in [1.165, 1.54) is 6.07 Å². The van der Waals surface area contributed by atoms with E-state index in [-0.39, 0.29) is 23.8 Å². The van der Waals surface area contributed by atoms with Crippen molar-refractivity contribution in [1.29, 1.82) is 0 Å². The summed E-state index contributed by atoms with van der Waals surface area (Å²) in [4.78, 5) is 11.0. The fourth-order valence-electron chi connectivity index (χ4n) is 3.02. The number of carbonyl (C=O) groups is 1. The Hall–Kier alpha value is -1.42. The van der Waals surface area contributed by atoms with Gasteiger partial charge in [-0.15, -0.1) is 0 Å². The topological polar surface area (TPSA) is 49.3 Å². The monoisotopic (exact) mass is 279 g/mol. The molecule has 3 nitrogen and oxygen atoms in total. The van der Waals surface area contributed by atoms with Crippen LogP contribution in [-0.2, 0) is 11.2 Å². The summed E-state index contributed by atoms with van der Waals surface area (Å²) >= 11 is 0. The fourth-order valence-corrected chi connectivity index (χ4v) is 3.02. The van der Waals surface area contributed by atoms with Crippen molar-refractivity contribution >= 4 is 5.97 Å². The zero-order valence-electron chi connectivity index (χ0n) is 11.8. The van der Waals surface area contributed by atoms with Crippen LogP contribution < -0.4 is 5.32 Å². The molecule has 2 N–H and O–H groups in total. The molecule has 1 saturated carbocycles. The zero-order valence-corrected chi connectivity index (χ0v) is 11.8. The van der Waals surface area contributed by atoms with Crippen molar-refractivity contribution in [3.8, 4) is 0 Å². The van der Waals surface area contributed by atoms with E-state index >= 15 is 0 Å². The Morgan fingerprint density at radius 2 is 2.20 bits per heavy atom. The lowest BCUT2D eigenvalue weighted by atomic mass is 9.85. The quantitative estimate of drug-likeness (QED) is 0.871. The minimum Gasteiger partial charge on any atom is -0.481 e. The molecule has 3 atom stereocenters. The maximum Gasteiger partial charge on any atom is 0.306 e. The van der Waals surface area contributed by atoms with Gasteiger partial charge in [-0.2, -0.15) is 0 Å². The summed E-state index contributed by atoms with van der Waals surface area (Å²) < 4.78 is 13.6. The van der Waals surface area contributed by atoms with E-state index < -0.39 is 5.97 Å². The van der Waals surface area contributed by atoms with Crippen molar-refractivity contribution in [1.82, 2.24) is 5.32 Å². The van der Waals surface area contributed by atoms with Crippen molar-refractivity contribution in [3.63, 3.8) is 0 Å². The molecule has 0 aliphatic heterocycles. The lowest BCUT2D eigenvalue weighted by Crippen LogP contribution is -2.42. The first-order chi connectivity index (χ1) is 9.56. The van der Waals surface area contributed by atoms with Crippen LogP contribution in [0.15, 0.2) is 24.3 Å². The molecule has 20 heavy (non-hydrogen) atoms. The highest BCUT2D eigenvalue weighted by Crippen LogP contribution is 2.25. The predicted octanol–water partition coefficient (Wildman–Crippen LogP) is 2.99. The van der Waals surface area contributed by atoms with E-state index in [1.807, 2.05) is 13.0 Å². The van der Waals surface area contributed by atoms with Crippen molar-refractivity contribution in [2.45, 2.75) is 51.1 Å². The zero-order chi connectivity index (χ0) is 14.5. The number of hydrogen-bond acceptors (Lipinski definition) is 2. The van der Waals surface area contributed by atoms with Crippen molar-refractivity contribution in [2.24, 2.45) is 5.92 Å². The van der Waals surface area contributed by atoms with E-state index in [2.05, 4.69) is 5.32 Å². The molecule has 0 amide bonds. The lowest BCUT2D eigenvalue weighted by molar-refractivity contribution is -0.143. The van der Waals surface area contributed by atoms with Crippen LogP contribution in [0.3, 0.4) is 0 Å². The second kappa shape index (κ2) is 6.84. The molecular weight excluding hydrogens is 257 g/mol. The number of rotatable bonds is 5. The van der Waals surface area contributed by atoms with Crippen LogP contribution in [0.25, 0.3) is 0 Å². The van der Waals surface area contributed by atoms with Crippen molar-refractivity contribution in [2.75, 3.05) is 0 Å². The van der Waals surface area contributed by atoms with Gasteiger partial charge in [-0.1, -0.05) is 24.6 Å². The third-order valence-electron chi connectivity index (χ3n) is 4.03. The van der Waals surface area contributed by atoms with Gasteiger partial charge in [0.25, 0.3) is 0 Å². The van der Waals surface area contributed by atoms with Gasteiger partial charge in [0.05, 0.1) is 5.92 Å². The van der Waals surface area contributed by atoms with Crippen LogP contribution in [0, 0.1) is 11.7 Å². The van der Waals surface area contributed by atoms with Gasteiger partial charge in [-0.25, -0.2) is 4.39 Å². The second-order valence-electron chi connectivity index (χ2n) is 5.76. The molecule has 1 aromatic carbocycles. The molecule has 110 valence electrons. The van der Waals surface area contributed by atoms with Crippen LogP contribution in [0.5, 0.6) is 0 Å². The lowest BCUT2D eigenvalue weighted by Gasteiger charge is -2.30. The largest absolute Gasteiger partial charge is 0.481 e. The molecule has 1 aromatic rings. The molecule has 1 aliphatic rings. The highest BCUT2D eigenvalue weighted by Gasteiger charge is 2.27. The maximum absolute atomic E-state index is 13.6. The Bertz CT molecular complexity index is 464. The number of carboxylic acids is 1. The Morgan fingerprint density at radius 3 is 2.90 bits per heavy atom. The Kier molecular flexibility index (Phi) is 5.12. The first-order valence-corrected chi connectivity index (χ1v) is 7.28. The van der Waals surface area contributed by atoms with Crippen LogP contribution in [0.1, 0.15) is 38.2 Å². The van der Waals surface area contributed by atoms with E-state index in [4.69, 9.17) is 5.11 Å². The number of aliphatic carboxylic acids is 1. The first kappa shape index (κ1) is 15.0. The van der Waals surface area contributed by atoms with E-state index in [1.54, 1.807) is 12.1 Å². The highest BCUT2D eigenvalue weighted by molar-refractivity contribution is 5.70. The molecule has 0 radical (unpaired) electrons. The summed E-state index contributed by atoms with van der Waals surface area (Å²) in [6.07, 6.45) is 4.03. The third kappa shape index (κ3) is 4.04. The molecule has 2 rings (SSSR count). The van der Waals surface area contributed by atoms with Gasteiger partial charge in [-0.05, 0) is 44.2 Å². The fraction of sp³-hybridized carbons (Fsp3) is 0.562. The molecule has 1 aliphatic carbocycles. The Labute approximate surface area is 119 Å². The molecule has 0 aromatic heterocycles. The predicted molar refractivity (Wildman–Crippen MR) is 76.1 cm³/mol. The molecule has 3 unspecified atom stereocenters. The highest BCUT2D eigenvalue weighted by atomic mass is 19.1. The smallest absolute Gasteiger partial charge is 0.306 e. The van der Waals surface area contributed by atoms with Crippen LogP contribution in [-0.4, -0.2) is 23.2 Å². The van der Waals surface area contributed by atoms with Crippen LogP contribution >= 0.6 is 0 Å². The van der Waals surface area contributed by atoms with Gasteiger partial charge >= 0.3 is 5.97 Å². The summed E-state index contributed by atoms with van der Waals surface area (Å²) in [6, 6.07) is 7.18. The minimum absolute atomic E-state index is 0.143. The second-order valence-corrected chi connectivity index (χ2v) is 5.76. The standard InChI is InChI=1S/C16H22FNO2/c1-11(9-12-5-2-3-8-15(12)17)18-14-7-4-6-13(10-14)16(19)20/h2-3,5,8,11,13-14,18H,4,6-7,9-10H2,1H3,(H,19,20). The van der Waals surface area contributed by atoms with Gasteiger partial charge < -0.3 is 10.4 Å². The molecule has 0 heterocycles. The molecule has 1 fully saturated rings. The van der Waals surface area contributed by atoms with E-state index in [0.717, 1.165) is 19.3 Å². The minimum atomic E-state index is -0.696. The van der Waals surface area contributed by atoms with Gasteiger partial charge in [-0.3, -0.25) is 4.79 Å². The third-order valence-corrected chi connectivity index (χ3v) is 4.03. The molecule has 4 heteroatoms. The number of hydrogen-bond donors (Lipinski definition) is 2. The summed E-state index contributed by atoms with van der Waals surface area (Å²) in [5.74, 6) is -1.10. The summed E-state index contributed by atoms with van der Waals surface area (Å²) in [5.41, 5.74) is 0.707. The number of halogens is 1. The van der Waals surface area contributed by atoms with E-state index in [9.17, 15) is 9.18 Å². The Morgan fingerprint density at radius 1 is 1.45 bits per heavy atom. The summed E-state index contributed by atoms with van der Waals surface area (Å²) in [5, 5.41) is 12.5.